The monoisotopic (exact) mass is 270 g/mol. The molecule has 18 heavy (non-hydrogen) atoms. The van der Waals surface area contributed by atoms with E-state index in [1.165, 1.54) is 0 Å². The van der Waals surface area contributed by atoms with Gasteiger partial charge in [0.05, 0.1) is 10.5 Å². The van der Waals surface area contributed by atoms with Crippen molar-refractivity contribution in [2.24, 2.45) is 0 Å². The van der Waals surface area contributed by atoms with Gasteiger partial charge in [-0.3, -0.25) is 14.9 Å². The van der Waals surface area contributed by atoms with Gasteiger partial charge in [0, 0.05) is 18.7 Å². The van der Waals surface area contributed by atoms with E-state index in [2.05, 4.69) is 15.6 Å². The Bertz CT molecular complexity index is 488. The molecule has 0 aromatic carbocycles. The van der Waals surface area contributed by atoms with Crippen LogP contribution in [0.15, 0.2) is 12.3 Å². The van der Waals surface area contributed by atoms with Crippen molar-refractivity contribution in [3.05, 3.63) is 33.1 Å². The van der Waals surface area contributed by atoms with E-state index >= 15 is 0 Å². The van der Waals surface area contributed by atoms with Crippen LogP contribution in [0.3, 0.4) is 0 Å². The zero-order valence-electron chi connectivity index (χ0n) is 9.35. The van der Waals surface area contributed by atoms with Gasteiger partial charge in [-0.1, -0.05) is 11.6 Å². The lowest BCUT2D eigenvalue weighted by Crippen LogP contribution is -2.36. The molecule has 1 aromatic heterocycles. The van der Waals surface area contributed by atoms with Gasteiger partial charge in [-0.15, -0.1) is 0 Å². The van der Waals surface area contributed by atoms with Crippen molar-refractivity contribution in [2.75, 3.05) is 13.1 Å². The summed E-state index contributed by atoms with van der Waals surface area (Å²) in [6.07, 6.45) is 1.85. The van der Waals surface area contributed by atoms with E-state index in [1.807, 2.05) is 0 Å². The Morgan fingerprint density at radius 3 is 3.06 bits per heavy atom. The molecule has 1 aliphatic rings. The third-order valence-corrected chi connectivity index (χ3v) is 2.98. The van der Waals surface area contributed by atoms with Gasteiger partial charge in [0.25, 0.3) is 11.6 Å². The number of pyridine rings is 1. The van der Waals surface area contributed by atoms with E-state index in [4.69, 9.17) is 11.6 Å². The van der Waals surface area contributed by atoms with E-state index in [-0.39, 0.29) is 22.4 Å². The lowest BCUT2D eigenvalue weighted by atomic mass is 10.2. The highest BCUT2D eigenvalue weighted by Crippen LogP contribution is 2.19. The van der Waals surface area contributed by atoms with Crippen LogP contribution in [0.2, 0.25) is 5.15 Å². The van der Waals surface area contributed by atoms with Crippen molar-refractivity contribution in [3.63, 3.8) is 0 Å². The Labute approximate surface area is 108 Å². The number of nitrogens with one attached hydrogen (secondary N) is 2. The maximum atomic E-state index is 11.9. The number of hydrogen-bond acceptors (Lipinski definition) is 5. The average molecular weight is 271 g/mol. The highest BCUT2D eigenvalue weighted by molar-refractivity contribution is 6.32. The molecule has 2 rings (SSSR count). The molecule has 0 spiro atoms. The number of nitro groups is 1. The van der Waals surface area contributed by atoms with Gasteiger partial charge in [-0.05, 0) is 13.0 Å². The number of rotatable bonds is 3. The molecular formula is C10H11ClN4O3. The summed E-state index contributed by atoms with van der Waals surface area (Å²) in [4.78, 5) is 25.6. The molecular weight excluding hydrogens is 260 g/mol. The predicted molar refractivity (Wildman–Crippen MR) is 64.6 cm³/mol. The summed E-state index contributed by atoms with van der Waals surface area (Å²) in [5.41, 5.74) is -0.230. The highest BCUT2D eigenvalue weighted by Gasteiger charge is 2.21. The molecule has 0 saturated carbocycles. The van der Waals surface area contributed by atoms with Crippen molar-refractivity contribution in [1.82, 2.24) is 15.6 Å². The number of halogens is 1. The second-order valence-corrected chi connectivity index (χ2v) is 4.31. The van der Waals surface area contributed by atoms with Gasteiger partial charge in [0.1, 0.15) is 11.3 Å². The third kappa shape index (κ3) is 2.74. The summed E-state index contributed by atoms with van der Waals surface area (Å²) in [7, 11) is 0. The summed E-state index contributed by atoms with van der Waals surface area (Å²) >= 11 is 5.77. The fourth-order valence-electron chi connectivity index (χ4n) is 1.74. The van der Waals surface area contributed by atoms with Crippen LogP contribution in [0, 0.1) is 10.1 Å². The molecule has 1 amide bonds. The summed E-state index contributed by atoms with van der Waals surface area (Å²) in [5, 5.41) is 16.4. The van der Waals surface area contributed by atoms with E-state index < -0.39 is 10.8 Å². The lowest BCUT2D eigenvalue weighted by Gasteiger charge is -2.11. The zero-order valence-corrected chi connectivity index (χ0v) is 10.1. The number of carbonyl (C=O) groups is 1. The Kier molecular flexibility index (Phi) is 3.73. The Hall–Kier alpha value is -1.73. The molecule has 2 N–H and O–H groups in total. The third-order valence-electron chi connectivity index (χ3n) is 2.68. The molecule has 1 atom stereocenters. The maximum Gasteiger partial charge on any atom is 0.288 e. The van der Waals surface area contributed by atoms with Crippen molar-refractivity contribution in [1.29, 1.82) is 0 Å². The minimum Gasteiger partial charge on any atom is -0.348 e. The SMILES string of the molecule is O=C(N[C@@H]1CCNC1)c1cc([N+](=O)[O-])cnc1Cl. The minimum absolute atomic E-state index is 0.0211. The predicted octanol–water partition coefficient (Wildman–Crippen LogP) is 0.735. The quantitative estimate of drug-likeness (QED) is 0.479. The van der Waals surface area contributed by atoms with Crippen molar-refractivity contribution >= 4 is 23.2 Å². The normalized spacial score (nSPS) is 18.6. The molecule has 1 aromatic rings. The smallest absolute Gasteiger partial charge is 0.288 e. The van der Waals surface area contributed by atoms with Crippen LogP contribution < -0.4 is 10.6 Å². The van der Waals surface area contributed by atoms with Crippen LogP contribution >= 0.6 is 11.6 Å². The number of aromatic nitrogens is 1. The topological polar surface area (TPSA) is 97.2 Å². The first-order valence-corrected chi connectivity index (χ1v) is 5.77. The van der Waals surface area contributed by atoms with Crippen molar-refractivity contribution in [2.45, 2.75) is 12.5 Å². The van der Waals surface area contributed by atoms with Crippen LogP contribution in [0.5, 0.6) is 0 Å². The molecule has 96 valence electrons. The zero-order chi connectivity index (χ0) is 13.1. The summed E-state index contributed by atoms with van der Waals surface area (Å²) in [6.45, 7) is 1.53. The molecule has 1 aliphatic heterocycles. The van der Waals surface area contributed by atoms with E-state index in [0.29, 0.717) is 6.54 Å². The van der Waals surface area contributed by atoms with Crippen LogP contribution in [-0.4, -0.2) is 34.9 Å². The molecule has 1 fully saturated rings. The summed E-state index contributed by atoms with van der Waals surface area (Å²) in [6, 6.07) is 1.15. The fraction of sp³-hybridized carbons (Fsp3) is 0.400. The van der Waals surface area contributed by atoms with Gasteiger partial charge in [0.15, 0.2) is 0 Å². The number of nitrogens with zero attached hydrogens (tertiary/aromatic N) is 2. The number of amides is 1. The van der Waals surface area contributed by atoms with E-state index in [0.717, 1.165) is 25.2 Å². The first kappa shape index (κ1) is 12.7. The van der Waals surface area contributed by atoms with E-state index in [9.17, 15) is 14.9 Å². The Balaban J connectivity index is 2.17. The molecule has 0 radical (unpaired) electrons. The lowest BCUT2D eigenvalue weighted by molar-refractivity contribution is -0.385. The van der Waals surface area contributed by atoms with Crippen molar-refractivity contribution in [3.8, 4) is 0 Å². The molecule has 7 nitrogen and oxygen atoms in total. The Morgan fingerprint density at radius 2 is 2.44 bits per heavy atom. The van der Waals surface area contributed by atoms with Gasteiger partial charge >= 0.3 is 0 Å². The van der Waals surface area contributed by atoms with Crippen molar-refractivity contribution < 1.29 is 9.72 Å². The highest BCUT2D eigenvalue weighted by atomic mass is 35.5. The second-order valence-electron chi connectivity index (χ2n) is 3.95. The largest absolute Gasteiger partial charge is 0.348 e. The van der Waals surface area contributed by atoms with Gasteiger partial charge < -0.3 is 10.6 Å². The number of carbonyl (C=O) groups excluding carboxylic acids is 1. The summed E-state index contributed by atoms with van der Waals surface area (Å²) < 4.78 is 0. The van der Waals surface area contributed by atoms with E-state index in [1.54, 1.807) is 0 Å². The van der Waals surface area contributed by atoms with Crippen LogP contribution in [0.1, 0.15) is 16.8 Å². The Morgan fingerprint density at radius 1 is 1.67 bits per heavy atom. The first-order chi connectivity index (χ1) is 8.58. The summed E-state index contributed by atoms with van der Waals surface area (Å²) in [5.74, 6) is -0.440. The standard InChI is InChI=1S/C10H11ClN4O3/c11-9-8(3-7(5-13-9)15(17)18)10(16)14-6-1-2-12-4-6/h3,5-6,12H,1-2,4H2,(H,14,16)/t6-/m1/s1. The molecule has 0 aliphatic carbocycles. The first-order valence-electron chi connectivity index (χ1n) is 5.39. The molecule has 0 unspecified atom stereocenters. The van der Waals surface area contributed by atoms with Gasteiger partial charge in [-0.25, -0.2) is 4.98 Å². The van der Waals surface area contributed by atoms with Crippen LogP contribution in [-0.2, 0) is 0 Å². The molecule has 8 heteroatoms. The molecule has 2 heterocycles. The molecule has 0 bridgehead atoms. The van der Waals surface area contributed by atoms with Gasteiger partial charge in [0.2, 0.25) is 0 Å². The number of hydrogen-bond donors (Lipinski definition) is 2. The van der Waals surface area contributed by atoms with Crippen LogP contribution in [0.25, 0.3) is 0 Å². The van der Waals surface area contributed by atoms with Crippen LogP contribution in [0.4, 0.5) is 5.69 Å². The van der Waals surface area contributed by atoms with Gasteiger partial charge in [-0.2, -0.15) is 0 Å². The second kappa shape index (κ2) is 5.28. The molecule has 1 saturated heterocycles. The maximum absolute atomic E-state index is 11.9. The minimum atomic E-state index is -0.614. The fourth-order valence-corrected chi connectivity index (χ4v) is 1.93. The average Bonchev–Trinajstić information content (AvgIpc) is 2.81.